The molecule has 0 aliphatic heterocycles. The summed E-state index contributed by atoms with van der Waals surface area (Å²) in [5.41, 5.74) is 0. The van der Waals surface area contributed by atoms with Crippen molar-refractivity contribution < 1.29 is 22.7 Å². The predicted octanol–water partition coefficient (Wildman–Crippen LogP) is 2.63. The second kappa shape index (κ2) is 7.23. The second-order valence-electron chi connectivity index (χ2n) is 4.33. The zero-order valence-electron chi connectivity index (χ0n) is 10.5. The number of sulfone groups is 1. The molecule has 0 fully saturated rings. The molecule has 0 aliphatic carbocycles. The van der Waals surface area contributed by atoms with Crippen LogP contribution in [0.4, 0.5) is 4.39 Å². The van der Waals surface area contributed by atoms with Crippen LogP contribution < -0.4 is 0 Å². The highest BCUT2D eigenvalue weighted by Gasteiger charge is 2.13. The second-order valence-corrected chi connectivity index (χ2v) is 6.44. The summed E-state index contributed by atoms with van der Waals surface area (Å²) in [7, 11) is -3.36. The van der Waals surface area contributed by atoms with Crippen molar-refractivity contribution in [2.24, 2.45) is 0 Å². The molecule has 0 unspecified atom stereocenters. The Morgan fingerprint density at radius 1 is 1.05 bits per heavy atom. The lowest BCUT2D eigenvalue weighted by atomic mass is 10.2. The summed E-state index contributed by atoms with van der Waals surface area (Å²) < 4.78 is 36.4. The first-order chi connectivity index (χ1) is 8.92. The van der Waals surface area contributed by atoms with Crippen LogP contribution in [0.15, 0.2) is 29.2 Å². The van der Waals surface area contributed by atoms with E-state index in [1.165, 1.54) is 12.1 Å². The van der Waals surface area contributed by atoms with Crippen LogP contribution in [-0.4, -0.2) is 25.2 Å². The zero-order chi connectivity index (χ0) is 14.3. The van der Waals surface area contributed by atoms with Crippen LogP contribution in [0, 0.1) is 5.82 Å². The molecule has 1 aromatic carbocycles. The van der Waals surface area contributed by atoms with Crippen LogP contribution in [0.1, 0.15) is 32.1 Å². The van der Waals surface area contributed by atoms with Gasteiger partial charge in [0.1, 0.15) is 5.82 Å². The monoisotopic (exact) mass is 288 g/mol. The third kappa shape index (κ3) is 5.83. The van der Waals surface area contributed by atoms with Crippen LogP contribution in [-0.2, 0) is 14.6 Å². The van der Waals surface area contributed by atoms with Crippen molar-refractivity contribution in [3.63, 3.8) is 0 Å². The highest BCUT2D eigenvalue weighted by molar-refractivity contribution is 7.91. The number of carboxylic acid groups (broad SMARTS) is 1. The van der Waals surface area contributed by atoms with Crippen LogP contribution in [0.2, 0.25) is 0 Å². The molecule has 0 spiro atoms. The van der Waals surface area contributed by atoms with E-state index in [1.807, 2.05) is 0 Å². The van der Waals surface area contributed by atoms with E-state index in [-0.39, 0.29) is 17.1 Å². The molecule has 0 amide bonds. The Bertz CT molecular complexity index is 508. The van der Waals surface area contributed by atoms with Gasteiger partial charge in [-0.15, -0.1) is 0 Å². The number of hydrogen-bond acceptors (Lipinski definition) is 3. The van der Waals surface area contributed by atoms with E-state index in [0.29, 0.717) is 25.7 Å². The molecule has 6 heteroatoms. The maximum Gasteiger partial charge on any atom is 0.303 e. The predicted molar refractivity (Wildman–Crippen MR) is 69.2 cm³/mol. The van der Waals surface area contributed by atoms with E-state index in [1.54, 1.807) is 0 Å². The Hall–Kier alpha value is -1.43. The molecule has 4 nitrogen and oxygen atoms in total. The fourth-order valence-corrected chi connectivity index (χ4v) is 3.05. The molecule has 1 aromatic rings. The molecule has 1 N–H and O–H groups in total. The van der Waals surface area contributed by atoms with E-state index in [4.69, 9.17) is 5.11 Å². The molecular formula is C13H17FO4S. The van der Waals surface area contributed by atoms with Crippen molar-refractivity contribution in [1.82, 2.24) is 0 Å². The number of carboxylic acids is 1. The van der Waals surface area contributed by atoms with Gasteiger partial charge < -0.3 is 5.11 Å². The minimum absolute atomic E-state index is 0.00566. The normalized spacial score (nSPS) is 11.4. The third-order valence-corrected chi connectivity index (χ3v) is 4.54. The SMILES string of the molecule is O=C(O)CCCCCCS(=O)(=O)c1ccc(F)cc1. The number of carbonyl (C=O) groups is 1. The molecule has 1 rings (SSSR count). The van der Waals surface area contributed by atoms with Crippen molar-refractivity contribution >= 4 is 15.8 Å². The van der Waals surface area contributed by atoms with Gasteiger partial charge >= 0.3 is 5.97 Å². The topological polar surface area (TPSA) is 71.4 Å². The lowest BCUT2D eigenvalue weighted by molar-refractivity contribution is -0.137. The number of unbranched alkanes of at least 4 members (excludes halogenated alkanes) is 3. The molecule has 0 heterocycles. The molecule has 0 saturated carbocycles. The molecule has 0 aromatic heterocycles. The van der Waals surface area contributed by atoms with Gasteiger partial charge in [0.25, 0.3) is 0 Å². The van der Waals surface area contributed by atoms with Gasteiger partial charge in [0.2, 0.25) is 0 Å². The molecule has 0 radical (unpaired) electrons. The van der Waals surface area contributed by atoms with E-state index in [9.17, 15) is 17.6 Å². The standard InChI is InChI=1S/C13H17FO4S/c14-11-6-8-12(9-7-11)19(17,18)10-4-2-1-3-5-13(15)16/h6-9H,1-5,10H2,(H,15,16). The van der Waals surface area contributed by atoms with Crippen molar-refractivity contribution in [1.29, 1.82) is 0 Å². The van der Waals surface area contributed by atoms with Gasteiger partial charge in [-0.05, 0) is 37.1 Å². The van der Waals surface area contributed by atoms with Gasteiger partial charge in [0.15, 0.2) is 9.84 Å². The number of benzene rings is 1. The minimum atomic E-state index is -3.36. The summed E-state index contributed by atoms with van der Waals surface area (Å²) in [5, 5.41) is 8.44. The Morgan fingerprint density at radius 3 is 2.21 bits per heavy atom. The summed E-state index contributed by atoms with van der Waals surface area (Å²) in [6.45, 7) is 0. The van der Waals surface area contributed by atoms with Crippen molar-refractivity contribution in [2.45, 2.75) is 37.0 Å². The molecule has 106 valence electrons. The molecule has 0 aliphatic rings. The first-order valence-corrected chi connectivity index (χ1v) is 7.77. The average molecular weight is 288 g/mol. The molecule has 0 saturated heterocycles. The first kappa shape index (κ1) is 15.6. The number of rotatable bonds is 8. The lowest BCUT2D eigenvalue weighted by Gasteiger charge is -2.04. The van der Waals surface area contributed by atoms with Gasteiger partial charge in [-0.25, -0.2) is 12.8 Å². The lowest BCUT2D eigenvalue weighted by Crippen LogP contribution is -2.07. The van der Waals surface area contributed by atoms with Crippen LogP contribution in [0.3, 0.4) is 0 Å². The summed E-state index contributed by atoms with van der Waals surface area (Å²) in [6, 6.07) is 4.77. The Balaban J connectivity index is 2.35. The smallest absolute Gasteiger partial charge is 0.303 e. The quantitative estimate of drug-likeness (QED) is 0.589. The summed E-state index contributed by atoms with van der Waals surface area (Å²) in [4.78, 5) is 10.4. The molecular weight excluding hydrogens is 271 g/mol. The van der Waals surface area contributed by atoms with E-state index in [2.05, 4.69) is 0 Å². The van der Waals surface area contributed by atoms with Gasteiger partial charge in [-0.1, -0.05) is 12.8 Å². The van der Waals surface area contributed by atoms with Crippen LogP contribution in [0.25, 0.3) is 0 Å². The minimum Gasteiger partial charge on any atom is -0.481 e. The fourth-order valence-electron chi connectivity index (χ4n) is 1.68. The summed E-state index contributed by atoms with van der Waals surface area (Å²) in [6.07, 6.45) is 2.54. The van der Waals surface area contributed by atoms with Crippen molar-refractivity contribution in [2.75, 3.05) is 5.75 Å². The van der Waals surface area contributed by atoms with Crippen molar-refractivity contribution in [3.8, 4) is 0 Å². The molecule has 0 atom stereocenters. The van der Waals surface area contributed by atoms with Gasteiger partial charge in [0.05, 0.1) is 10.6 Å². The first-order valence-electron chi connectivity index (χ1n) is 6.12. The fraction of sp³-hybridized carbons (Fsp3) is 0.462. The van der Waals surface area contributed by atoms with Crippen LogP contribution in [0.5, 0.6) is 0 Å². The van der Waals surface area contributed by atoms with E-state index in [0.717, 1.165) is 12.1 Å². The maximum absolute atomic E-state index is 12.7. The summed E-state index contributed by atoms with van der Waals surface area (Å²) in [5.74, 6) is -1.29. The highest BCUT2D eigenvalue weighted by Crippen LogP contribution is 2.14. The Morgan fingerprint density at radius 2 is 1.63 bits per heavy atom. The van der Waals surface area contributed by atoms with Crippen LogP contribution >= 0.6 is 0 Å². The number of aliphatic carboxylic acids is 1. The zero-order valence-corrected chi connectivity index (χ0v) is 11.3. The maximum atomic E-state index is 12.7. The highest BCUT2D eigenvalue weighted by atomic mass is 32.2. The molecule has 0 bridgehead atoms. The number of halogens is 1. The van der Waals surface area contributed by atoms with Crippen molar-refractivity contribution in [3.05, 3.63) is 30.1 Å². The third-order valence-electron chi connectivity index (χ3n) is 2.73. The van der Waals surface area contributed by atoms with E-state index < -0.39 is 21.6 Å². The largest absolute Gasteiger partial charge is 0.481 e. The van der Waals surface area contributed by atoms with E-state index >= 15 is 0 Å². The van der Waals surface area contributed by atoms with Gasteiger partial charge in [-0.2, -0.15) is 0 Å². The number of hydrogen-bond donors (Lipinski definition) is 1. The molecule has 19 heavy (non-hydrogen) atoms. The Labute approximate surface area is 112 Å². The van der Waals surface area contributed by atoms with Gasteiger partial charge in [-0.3, -0.25) is 4.79 Å². The average Bonchev–Trinajstić information content (AvgIpc) is 2.34. The van der Waals surface area contributed by atoms with Gasteiger partial charge in [0, 0.05) is 6.42 Å². The summed E-state index contributed by atoms with van der Waals surface area (Å²) >= 11 is 0. The Kier molecular flexibility index (Phi) is 5.95.